The Morgan fingerprint density at radius 2 is 1.93 bits per heavy atom. The molecule has 0 fully saturated rings. The number of halogens is 1. The second kappa shape index (κ2) is 11.2. The van der Waals surface area contributed by atoms with Gasteiger partial charge in [0.15, 0.2) is 6.29 Å². The molecule has 0 bridgehead atoms. The first kappa shape index (κ1) is 24.1. The molecule has 1 aromatic heterocycles. The molecule has 0 aliphatic rings. The van der Waals surface area contributed by atoms with Crippen LogP contribution in [-0.2, 0) is 20.8 Å². The number of carbonyl (C=O) groups excluding carboxylic acids is 1. The number of nitrogens with zero attached hydrogens (tertiary/aromatic N) is 3. The second-order valence-electron chi connectivity index (χ2n) is 6.94. The third-order valence-corrected chi connectivity index (χ3v) is 3.70. The minimum Gasteiger partial charge on any atom is -0.444 e. The van der Waals surface area contributed by atoms with E-state index in [1.807, 2.05) is 52.2 Å². The third-order valence-electron chi connectivity index (χ3n) is 3.49. The Labute approximate surface area is 171 Å². The van der Waals surface area contributed by atoms with Gasteiger partial charge in [-0.1, -0.05) is 0 Å². The van der Waals surface area contributed by atoms with E-state index in [0.29, 0.717) is 32.1 Å². The third kappa shape index (κ3) is 7.61. The Morgan fingerprint density at radius 1 is 1.32 bits per heavy atom. The van der Waals surface area contributed by atoms with Crippen LogP contribution in [0.4, 0.5) is 10.6 Å². The molecule has 1 heterocycles. The summed E-state index contributed by atoms with van der Waals surface area (Å²) < 4.78 is 18.6. The fraction of sp³-hybridized carbons (Fsp3) is 0.632. The quantitative estimate of drug-likeness (QED) is 0.282. The van der Waals surface area contributed by atoms with Crippen molar-refractivity contribution < 1.29 is 19.0 Å². The number of hydrogen-bond acceptors (Lipinski definition) is 5. The number of amidine groups is 1. The number of amides is 1. The van der Waals surface area contributed by atoms with Crippen LogP contribution in [0, 0.1) is 6.92 Å². The normalized spacial score (nSPS) is 12.4. The van der Waals surface area contributed by atoms with Crippen molar-refractivity contribution in [1.29, 1.82) is 0 Å². The first-order valence-corrected chi connectivity index (χ1v) is 9.61. The average molecular weight is 415 g/mol. The van der Waals surface area contributed by atoms with Crippen LogP contribution in [0.15, 0.2) is 16.1 Å². The highest BCUT2D eigenvalue weighted by Gasteiger charge is 2.22. The summed E-state index contributed by atoms with van der Waals surface area (Å²) in [5.41, 5.74) is 1.09. The van der Waals surface area contributed by atoms with Gasteiger partial charge in [-0.05, 0) is 71.5 Å². The van der Waals surface area contributed by atoms with Crippen molar-refractivity contribution in [1.82, 2.24) is 9.88 Å². The highest BCUT2D eigenvalue weighted by atomic mass is 35.5. The minimum atomic E-state index is -0.563. The SMILES string of the molecule is C=NC(Cl)=Nc1c(C)cc(C(OCC)OCC)n1CCNC(=O)OC(C)(C)C. The van der Waals surface area contributed by atoms with E-state index >= 15 is 0 Å². The van der Waals surface area contributed by atoms with Crippen LogP contribution in [0.1, 0.15) is 52.2 Å². The molecule has 1 amide bonds. The Hall–Kier alpha value is -1.90. The molecule has 0 spiro atoms. The van der Waals surface area contributed by atoms with Crippen LogP contribution in [0.3, 0.4) is 0 Å². The second-order valence-corrected chi connectivity index (χ2v) is 7.28. The van der Waals surface area contributed by atoms with Gasteiger partial charge in [0, 0.05) is 26.3 Å². The summed E-state index contributed by atoms with van der Waals surface area (Å²) in [6, 6.07) is 1.93. The van der Waals surface area contributed by atoms with Gasteiger partial charge in [-0.25, -0.2) is 14.8 Å². The predicted molar refractivity (Wildman–Crippen MR) is 112 cm³/mol. The van der Waals surface area contributed by atoms with E-state index in [0.717, 1.165) is 11.3 Å². The summed E-state index contributed by atoms with van der Waals surface area (Å²) in [5, 5.41) is 2.77. The standard InChI is InChI=1S/C19H31ClN4O4/c1-8-26-16(27-9-2)14-12-13(3)15(23-17(20)21-7)24(14)11-10-22-18(25)28-19(4,5)6/h12,16H,7-11H2,1-6H3,(H,22,25). The number of aromatic nitrogens is 1. The zero-order valence-electron chi connectivity index (χ0n) is 17.5. The lowest BCUT2D eigenvalue weighted by Gasteiger charge is -2.21. The van der Waals surface area contributed by atoms with Gasteiger partial charge in [0.05, 0.1) is 5.69 Å². The van der Waals surface area contributed by atoms with Crippen molar-refractivity contribution in [2.24, 2.45) is 9.98 Å². The Morgan fingerprint density at radius 3 is 2.43 bits per heavy atom. The largest absolute Gasteiger partial charge is 0.444 e. The number of aliphatic imine (C=N–C) groups is 2. The van der Waals surface area contributed by atoms with Gasteiger partial charge >= 0.3 is 6.09 Å². The molecule has 1 N–H and O–H groups in total. The van der Waals surface area contributed by atoms with Crippen molar-refractivity contribution in [3.05, 3.63) is 17.3 Å². The van der Waals surface area contributed by atoms with Crippen LogP contribution >= 0.6 is 11.6 Å². The van der Waals surface area contributed by atoms with Gasteiger partial charge in [-0.3, -0.25) is 0 Å². The highest BCUT2D eigenvalue weighted by Crippen LogP contribution is 2.30. The number of ether oxygens (including phenoxy) is 3. The maximum atomic E-state index is 11.9. The Kier molecular flexibility index (Phi) is 9.64. The molecule has 158 valence electrons. The lowest BCUT2D eigenvalue weighted by atomic mass is 10.2. The average Bonchev–Trinajstić information content (AvgIpc) is 2.89. The molecule has 0 aliphatic carbocycles. The number of hydrogen-bond donors (Lipinski definition) is 1. The summed E-state index contributed by atoms with van der Waals surface area (Å²) in [4.78, 5) is 19.9. The zero-order chi connectivity index (χ0) is 21.3. The summed E-state index contributed by atoms with van der Waals surface area (Å²) in [5.74, 6) is 0.600. The number of nitrogens with one attached hydrogen (secondary N) is 1. The molecule has 0 aliphatic heterocycles. The molecule has 0 unspecified atom stereocenters. The van der Waals surface area contributed by atoms with E-state index in [1.54, 1.807) is 0 Å². The van der Waals surface area contributed by atoms with E-state index in [1.165, 1.54) is 0 Å². The van der Waals surface area contributed by atoms with Crippen molar-refractivity contribution in [2.45, 2.75) is 60.0 Å². The summed E-state index contributed by atoms with van der Waals surface area (Å²) in [7, 11) is 0. The lowest BCUT2D eigenvalue weighted by molar-refractivity contribution is -0.144. The van der Waals surface area contributed by atoms with Crippen LogP contribution in [0.2, 0.25) is 0 Å². The fourth-order valence-corrected chi connectivity index (χ4v) is 2.59. The van der Waals surface area contributed by atoms with E-state index in [-0.39, 0.29) is 5.29 Å². The molecule has 28 heavy (non-hydrogen) atoms. The summed E-state index contributed by atoms with van der Waals surface area (Å²) in [6.07, 6.45) is -1.05. The van der Waals surface area contributed by atoms with Crippen molar-refractivity contribution in [3.63, 3.8) is 0 Å². The number of carbonyl (C=O) groups is 1. The van der Waals surface area contributed by atoms with Crippen LogP contribution in [0.25, 0.3) is 0 Å². The van der Waals surface area contributed by atoms with E-state index in [4.69, 9.17) is 25.8 Å². The van der Waals surface area contributed by atoms with Crippen molar-refractivity contribution >= 4 is 35.5 Å². The number of alkyl carbamates (subject to hydrolysis) is 1. The van der Waals surface area contributed by atoms with Crippen LogP contribution < -0.4 is 5.32 Å². The van der Waals surface area contributed by atoms with Gasteiger partial charge in [-0.2, -0.15) is 0 Å². The van der Waals surface area contributed by atoms with E-state index in [2.05, 4.69) is 22.0 Å². The molecule has 0 atom stereocenters. The minimum absolute atomic E-state index is 0.0264. The van der Waals surface area contributed by atoms with E-state index in [9.17, 15) is 4.79 Å². The van der Waals surface area contributed by atoms with Gasteiger partial charge in [0.2, 0.25) is 5.29 Å². The highest BCUT2D eigenvalue weighted by molar-refractivity contribution is 6.65. The molecule has 1 aromatic rings. The smallest absolute Gasteiger partial charge is 0.407 e. The van der Waals surface area contributed by atoms with Crippen LogP contribution in [-0.4, -0.2) is 48.0 Å². The van der Waals surface area contributed by atoms with Gasteiger partial charge in [0.25, 0.3) is 0 Å². The molecule has 0 saturated carbocycles. The molecule has 9 heteroatoms. The lowest BCUT2D eigenvalue weighted by Crippen LogP contribution is -2.34. The summed E-state index contributed by atoms with van der Waals surface area (Å²) >= 11 is 5.97. The zero-order valence-corrected chi connectivity index (χ0v) is 18.3. The molecule has 1 rings (SSSR count). The van der Waals surface area contributed by atoms with Crippen molar-refractivity contribution in [3.8, 4) is 0 Å². The molecular weight excluding hydrogens is 384 g/mol. The van der Waals surface area contributed by atoms with E-state index < -0.39 is 18.0 Å². The van der Waals surface area contributed by atoms with Crippen molar-refractivity contribution in [2.75, 3.05) is 19.8 Å². The van der Waals surface area contributed by atoms with Gasteiger partial charge in [0.1, 0.15) is 11.4 Å². The maximum absolute atomic E-state index is 11.9. The maximum Gasteiger partial charge on any atom is 0.407 e. The molecular formula is C19H31ClN4O4. The monoisotopic (exact) mass is 414 g/mol. The number of rotatable bonds is 9. The van der Waals surface area contributed by atoms with Gasteiger partial charge in [-0.15, -0.1) is 0 Å². The Bertz CT molecular complexity index is 689. The van der Waals surface area contributed by atoms with Crippen LogP contribution in [0.5, 0.6) is 0 Å². The predicted octanol–water partition coefficient (Wildman–Crippen LogP) is 4.32. The topological polar surface area (TPSA) is 86.4 Å². The first-order valence-electron chi connectivity index (χ1n) is 9.23. The summed E-state index contributed by atoms with van der Waals surface area (Å²) in [6.45, 7) is 16.2. The fourth-order valence-electron chi connectivity index (χ4n) is 2.51. The molecule has 0 radical (unpaired) electrons. The molecule has 0 aromatic carbocycles. The molecule has 8 nitrogen and oxygen atoms in total. The van der Waals surface area contributed by atoms with Gasteiger partial charge < -0.3 is 24.1 Å². The number of aryl methyl sites for hydroxylation is 1. The first-order chi connectivity index (χ1) is 13.1. The molecule has 0 saturated heterocycles. The Balaban J connectivity index is 3.12.